The molecule has 20 heavy (non-hydrogen) atoms. The van der Waals surface area contributed by atoms with E-state index in [0.717, 1.165) is 5.69 Å². The topological polar surface area (TPSA) is 77.1 Å². The van der Waals surface area contributed by atoms with Crippen molar-refractivity contribution in [3.05, 3.63) is 59.0 Å². The molecule has 1 aromatic heterocycles. The number of nitrogens with one attached hydrogen (secondary N) is 1. The van der Waals surface area contributed by atoms with Crippen LogP contribution in [-0.4, -0.2) is 10.5 Å². The van der Waals surface area contributed by atoms with Gasteiger partial charge in [0.05, 0.1) is 0 Å². The SMILES string of the molecule is Nc1ccc(NC(=O)CCCn2ccc(=O)cc2)cc1. The van der Waals surface area contributed by atoms with Crippen molar-refractivity contribution in [2.24, 2.45) is 0 Å². The lowest BCUT2D eigenvalue weighted by molar-refractivity contribution is -0.116. The van der Waals surface area contributed by atoms with E-state index in [4.69, 9.17) is 5.73 Å². The van der Waals surface area contributed by atoms with Gasteiger partial charge < -0.3 is 15.6 Å². The molecule has 0 aliphatic carbocycles. The molecule has 0 saturated heterocycles. The summed E-state index contributed by atoms with van der Waals surface area (Å²) in [7, 11) is 0. The Bertz CT molecular complexity index is 612. The van der Waals surface area contributed by atoms with E-state index in [0.29, 0.717) is 25.1 Å². The van der Waals surface area contributed by atoms with Crippen LogP contribution in [0.1, 0.15) is 12.8 Å². The predicted molar refractivity (Wildman–Crippen MR) is 79.4 cm³/mol. The van der Waals surface area contributed by atoms with Crippen molar-refractivity contribution in [2.45, 2.75) is 19.4 Å². The zero-order chi connectivity index (χ0) is 14.4. The molecule has 0 fully saturated rings. The number of amides is 1. The summed E-state index contributed by atoms with van der Waals surface area (Å²) in [4.78, 5) is 22.7. The van der Waals surface area contributed by atoms with Crippen molar-refractivity contribution in [3.63, 3.8) is 0 Å². The van der Waals surface area contributed by atoms with Crippen molar-refractivity contribution in [2.75, 3.05) is 11.1 Å². The highest BCUT2D eigenvalue weighted by molar-refractivity contribution is 5.90. The average Bonchev–Trinajstić information content (AvgIpc) is 2.44. The molecule has 0 unspecified atom stereocenters. The fraction of sp³-hybridized carbons (Fsp3) is 0.200. The number of carbonyl (C=O) groups is 1. The zero-order valence-corrected chi connectivity index (χ0v) is 11.1. The van der Waals surface area contributed by atoms with Crippen LogP contribution in [0, 0.1) is 0 Å². The lowest BCUT2D eigenvalue weighted by Gasteiger charge is -2.07. The fourth-order valence-corrected chi connectivity index (χ4v) is 1.80. The second-order valence-corrected chi connectivity index (χ2v) is 4.55. The fourth-order valence-electron chi connectivity index (χ4n) is 1.80. The summed E-state index contributed by atoms with van der Waals surface area (Å²) in [6.07, 6.45) is 4.58. The first-order valence-corrected chi connectivity index (χ1v) is 6.45. The first kappa shape index (κ1) is 13.9. The smallest absolute Gasteiger partial charge is 0.224 e. The van der Waals surface area contributed by atoms with E-state index in [9.17, 15) is 9.59 Å². The molecule has 0 saturated carbocycles. The molecule has 104 valence electrons. The molecule has 1 heterocycles. The maximum atomic E-state index is 11.7. The van der Waals surface area contributed by atoms with Crippen LogP contribution in [0.15, 0.2) is 53.6 Å². The number of anilines is 2. The molecule has 0 bridgehead atoms. The summed E-state index contributed by atoms with van der Waals surface area (Å²) in [5.74, 6) is -0.0317. The van der Waals surface area contributed by atoms with Crippen molar-refractivity contribution in [1.29, 1.82) is 0 Å². The van der Waals surface area contributed by atoms with E-state index >= 15 is 0 Å². The number of nitrogens with two attached hydrogens (primary N) is 1. The van der Waals surface area contributed by atoms with Gasteiger partial charge in [0.25, 0.3) is 0 Å². The van der Waals surface area contributed by atoms with Gasteiger partial charge in [-0.25, -0.2) is 0 Å². The Kier molecular flexibility index (Phi) is 4.55. The van der Waals surface area contributed by atoms with Gasteiger partial charge >= 0.3 is 0 Å². The van der Waals surface area contributed by atoms with Crippen LogP contribution >= 0.6 is 0 Å². The Morgan fingerprint density at radius 3 is 2.40 bits per heavy atom. The molecule has 0 aliphatic rings. The van der Waals surface area contributed by atoms with Crippen LogP contribution in [0.3, 0.4) is 0 Å². The minimum Gasteiger partial charge on any atom is -0.399 e. The summed E-state index contributed by atoms with van der Waals surface area (Å²) >= 11 is 0. The van der Waals surface area contributed by atoms with Gasteiger partial charge in [0.15, 0.2) is 5.43 Å². The Hall–Kier alpha value is -2.56. The average molecular weight is 271 g/mol. The number of hydrogen-bond donors (Lipinski definition) is 2. The number of nitrogens with zero attached hydrogens (tertiary/aromatic N) is 1. The maximum Gasteiger partial charge on any atom is 0.224 e. The van der Waals surface area contributed by atoms with E-state index in [2.05, 4.69) is 5.32 Å². The van der Waals surface area contributed by atoms with E-state index in [-0.39, 0.29) is 11.3 Å². The quantitative estimate of drug-likeness (QED) is 0.815. The molecule has 5 nitrogen and oxygen atoms in total. The lowest BCUT2D eigenvalue weighted by atomic mass is 10.2. The number of carbonyl (C=O) groups excluding carboxylic acids is 1. The second kappa shape index (κ2) is 6.56. The number of pyridine rings is 1. The molecule has 2 rings (SSSR count). The first-order valence-electron chi connectivity index (χ1n) is 6.45. The third-order valence-corrected chi connectivity index (χ3v) is 2.88. The number of aromatic nitrogens is 1. The molecule has 0 aliphatic heterocycles. The summed E-state index contributed by atoms with van der Waals surface area (Å²) in [6, 6.07) is 10.1. The Morgan fingerprint density at radius 2 is 1.75 bits per heavy atom. The maximum absolute atomic E-state index is 11.7. The molecule has 0 radical (unpaired) electrons. The van der Waals surface area contributed by atoms with Gasteiger partial charge in [-0.15, -0.1) is 0 Å². The standard InChI is InChI=1S/C15H17N3O2/c16-12-3-5-13(6-4-12)17-15(20)2-1-9-18-10-7-14(19)8-11-18/h3-8,10-11H,1-2,9,16H2,(H,17,20). The summed E-state index contributed by atoms with van der Waals surface area (Å²) in [5, 5.41) is 2.81. The second-order valence-electron chi connectivity index (χ2n) is 4.55. The Balaban J connectivity index is 1.76. The van der Waals surface area contributed by atoms with Crippen LogP contribution in [-0.2, 0) is 11.3 Å². The van der Waals surface area contributed by atoms with Crippen LogP contribution in [0.5, 0.6) is 0 Å². The van der Waals surface area contributed by atoms with Gasteiger partial charge in [0.2, 0.25) is 5.91 Å². The van der Waals surface area contributed by atoms with Crippen LogP contribution < -0.4 is 16.5 Å². The summed E-state index contributed by atoms with van der Waals surface area (Å²) in [5.41, 5.74) is 6.97. The number of rotatable bonds is 5. The van der Waals surface area contributed by atoms with Gasteiger partial charge in [-0.05, 0) is 30.7 Å². The highest BCUT2D eigenvalue weighted by atomic mass is 16.1. The largest absolute Gasteiger partial charge is 0.399 e. The molecule has 1 amide bonds. The van der Waals surface area contributed by atoms with Crippen molar-refractivity contribution < 1.29 is 4.79 Å². The van der Waals surface area contributed by atoms with E-state index in [1.165, 1.54) is 12.1 Å². The third kappa shape index (κ3) is 4.28. The highest BCUT2D eigenvalue weighted by Gasteiger charge is 2.02. The van der Waals surface area contributed by atoms with Crippen molar-refractivity contribution in [3.8, 4) is 0 Å². The number of hydrogen-bond acceptors (Lipinski definition) is 3. The highest BCUT2D eigenvalue weighted by Crippen LogP contribution is 2.11. The summed E-state index contributed by atoms with van der Waals surface area (Å²) < 4.78 is 1.89. The number of nitrogen functional groups attached to an aromatic ring is 1. The Morgan fingerprint density at radius 1 is 1.10 bits per heavy atom. The lowest BCUT2D eigenvalue weighted by Crippen LogP contribution is -2.12. The molecule has 0 spiro atoms. The van der Waals surface area contributed by atoms with Crippen molar-refractivity contribution >= 4 is 17.3 Å². The molecular formula is C15H17N3O2. The minimum absolute atomic E-state index is 0.0117. The van der Waals surface area contributed by atoms with Crippen molar-refractivity contribution in [1.82, 2.24) is 4.57 Å². The Labute approximate surface area is 117 Å². The van der Waals surface area contributed by atoms with Crippen LogP contribution in [0.25, 0.3) is 0 Å². The molecule has 5 heteroatoms. The van der Waals surface area contributed by atoms with Gasteiger partial charge in [-0.2, -0.15) is 0 Å². The minimum atomic E-state index is -0.0317. The van der Waals surface area contributed by atoms with Gasteiger partial charge in [-0.3, -0.25) is 9.59 Å². The normalized spacial score (nSPS) is 10.2. The monoisotopic (exact) mass is 271 g/mol. The number of benzene rings is 1. The van der Waals surface area contributed by atoms with E-state index < -0.39 is 0 Å². The number of aryl methyl sites for hydroxylation is 1. The zero-order valence-electron chi connectivity index (χ0n) is 11.1. The van der Waals surface area contributed by atoms with Gasteiger partial charge in [-0.1, -0.05) is 0 Å². The van der Waals surface area contributed by atoms with Crippen LogP contribution in [0.4, 0.5) is 11.4 Å². The molecule has 0 atom stereocenters. The third-order valence-electron chi connectivity index (χ3n) is 2.88. The summed E-state index contributed by atoms with van der Waals surface area (Å²) in [6.45, 7) is 0.704. The van der Waals surface area contributed by atoms with Gasteiger partial charge in [0.1, 0.15) is 0 Å². The van der Waals surface area contributed by atoms with Crippen LogP contribution in [0.2, 0.25) is 0 Å². The van der Waals surface area contributed by atoms with Gasteiger partial charge in [0, 0.05) is 48.9 Å². The first-order chi connectivity index (χ1) is 9.63. The molecule has 3 N–H and O–H groups in total. The predicted octanol–water partition coefficient (Wildman–Crippen LogP) is 1.85. The van der Waals surface area contributed by atoms with E-state index in [1.54, 1.807) is 36.7 Å². The van der Waals surface area contributed by atoms with E-state index in [1.807, 2.05) is 4.57 Å². The molecular weight excluding hydrogens is 254 g/mol. The molecule has 1 aromatic carbocycles. The molecule has 2 aromatic rings.